The standard InChI is InChI=1S/C15H17NO4/c17-14(18)12-6-11-7-16(8-13(11)12)15(19)20-9-10-4-2-1-3-5-10/h1-5,11-13H,6-9H2,(H,17,18)/t11-,12-,13+/m1/s1. The first-order valence-corrected chi connectivity index (χ1v) is 6.83. The number of benzene rings is 1. The summed E-state index contributed by atoms with van der Waals surface area (Å²) in [7, 11) is 0. The van der Waals surface area contributed by atoms with E-state index in [-0.39, 0.29) is 24.5 Å². The lowest BCUT2D eigenvalue weighted by molar-refractivity contribution is -0.149. The van der Waals surface area contributed by atoms with Crippen LogP contribution in [0.3, 0.4) is 0 Å². The molecule has 5 nitrogen and oxygen atoms in total. The quantitative estimate of drug-likeness (QED) is 0.916. The molecule has 1 aliphatic heterocycles. The Kier molecular flexibility index (Phi) is 3.34. The van der Waals surface area contributed by atoms with Crippen molar-refractivity contribution in [2.24, 2.45) is 17.8 Å². The summed E-state index contributed by atoms with van der Waals surface area (Å²) in [5, 5.41) is 9.02. The molecule has 1 aromatic carbocycles. The maximum absolute atomic E-state index is 12.0. The van der Waals surface area contributed by atoms with Crippen molar-refractivity contribution < 1.29 is 19.4 Å². The highest BCUT2D eigenvalue weighted by molar-refractivity contribution is 5.73. The monoisotopic (exact) mass is 275 g/mol. The Morgan fingerprint density at radius 2 is 2.00 bits per heavy atom. The molecular formula is C15H17NO4. The van der Waals surface area contributed by atoms with Crippen molar-refractivity contribution in [1.82, 2.24) is 4.90 Å². The van der Waals surface area contributed by atoms with Gasteiger partial charge in [-0.05, 0) is 23.8 Å². The molecule has 1 heterocycles. The first kappa shape index (κ1) is 13.0. The highest BCUT2D eigenvalue weighted by Gasteiger charge is 2.51. The van der Waals surface area contributed by atoms with Crippen molar-refractivity contribution in [3.05, 3.63) is 35.9 Å². The Balaban J connectivity index is 1.51. The molecule has 0 spiro atoms. The molecule has 1 amide bonds. The maximum Gasteiger partial charge on any atom is 0.410 e. The molecule has 1 aromatic rings. The second kappa shape index (κ2) is 5.15. The van der Waals surface area contributed by atoms with Gasteiger partial charge in [0.15, 0.2) is 0 Å². The largest absolute Gasteiger partial charge is 0.481 e. The van der Waals surface area contributed by atoms with Gasteiger partial charge in [0, 0.05) is 13.1 Å². The molecular weight excluding hydrogens is 258 g/mol. The summed E-state index contributed by atoms with van der Waals surface area (Å²) in [6, 6.07) is 9.52. The molecule has 0 bridgehead atoms. The van der Waals surface area contributed by atoms with Gasteiger partial charge in [-0.3, -0.25) is 4.79 Å². The molecule has 1 saturated heterocycles. The van der Waals surface area contributed by atoms with E-state index < -0.39 is 5.97 Å². The second-order valence-corrected chi connectivity index (χ2v) is 5.55. The predicted octanol–water partition coefficient (Wildman–Crippen LogP) is 1.98. The van der Waals surface area contributed by atoms with Gasteiger partial charge in [0.05, 0.1) is 5.92 Å². The minimum Gasteiger partial charge on any atom is -0.481 e. The van der Waals surface area contributed by atoms with Gasteiger partial charge in [0.2, 0.25) is 0 Å². The highest BCUT2D eigenvalue weighted by Crippen LogP contribution is 2.45. The molecule has 3 atom stereocenters. The number of carboxylic acids is 1. The van der Waals surface area contributed by atoms with Gasteiger partial charge in [0.1, 0.15) is 6.61 Å². The topological polar surface area (TPSA) is 66.8 Å². The van der Waals surface area contributed by atoms with Gasteiger partial charge in [-0.25, -0.2) is 4.79 Å². The summed E-state index contributed by atoms with van der Waals surface area (Å²) in [6.45, 7) is 1.39. The molecule has 2 fully saturated rings. The fourth-order valence-electron chi connectivity index (χ4n) is 3.15. The number of rotatable bonds is 3. The summed E-state index contributed by atoms with van der Waals surface area (Å²) >= 11 is 0. The lowest BCUT2D eigenvalue weighted by Crippen LogP contribution is -2.40. The minimum absolute atomic E-state index is 0.108. The SMILES string of the molecule is O=C(O)[C@@H]1C[C@@H]2CN(C(=O)OCc3ccccc3)C[C@@H]21. The Morgan fingerprint density at radius 3 is 2.70 bits per heavy atom. The smallest absolute Gasteiger partial charge is 0.410 e. The molecule has 5 heteroatoms. The van der Waals surface area contributed by atoms with Gasteiger partial charge in [0.25, 0.3) is 0 Å². The third-order valence-corrected chi connectivity index (χ3v) is 4.35. The zero-order chi connectivity index (χ0) is 14.1. The summed E-state index contributed by atoms with van der Waals surface area (Å²) in [4.78, 5) is 24.6. The number of carbonyl (C=O) groups is 2. The number of carbonyl (C=O) groups excluding carboxylic acids is 1. The van der Waals surface area contributed by atoms with Gasteiger partial charge >= 0.3 is 12.1 Å². The number of carboxylic acid groups (broad SMARTS) is 1. The minimum atomic E-state index is -0.745. The van der Waals surface area contributed by atoms with Crippen LogP contribution in [0.5, 0.6) is 0 Å². The molecule has 3 rings (SSSR count). The third-order valence-electron chi connectivity index (χ3n) is 4.35. The van der Waals surface area contributed by atoms with Crippen LogP contribution in [-0.4, -0.2) is 35.2 Å². The number of fused-ring (bicyclic) bond motifs is 1. The molecule has 2 aliphatic rings. The lowest BCUT2D eigenvalue weighted by atomic mass is 9.67. The fraction of sp³-hybridized carbons (Fsp3) is 0.467. The van der Waals surface area contributed by atoms with Crippen molar-refractivity contribution >= 4 is 12.1 Å². The number of likely N-dealkylation sites (tertiary alicyclic amines) is 1. The fourth-order valence-corrected chi connectivity index (χ4v) is 3.15. The van der Waals surface area contributed by atoms with Gasteiger partial charge in [-0.1, -0.05) is 30.3 Å². The molecule has 20 heavy (non-hydrogen) atoms. The van der Waals surface area contributed by atoms with E-state index in [4.69, 9.17) is 9.84 Å². The summed E-state index contributed by atoms with van der Waals surface area (Å²) < 4.78 is 5.27. The second-order valence-electron chi connectivity index (χ2n) is 5.55. The zero-order valence-electron chi connectivity index (χ0n) is 11.1. The lowest BCUT2D eigenvalue weighted by Gasteiger charge is -2.35. The van der Waals surface area contributed by atoms with Crippen LogP contribution in [0.25, 0.3) is 0 Å². The summed E-state index contributed by atoms with van der Waals surface area (Å²) in [6.07, 6.45) is 0.343. The molecule has 0 aromatic heterocycles. The van der Waals surface area contributed by atoms with Crippen LogP contribution >= 0.6 is 0 Å². The average molecular weight is 275 g/mol. The maximum atomic E-state index is 12.0. The van der Waals surface area contributed by atoms with Crippen LogP contribution in [0.15, 0.2) is 30.3 Å². The van der Waals surface area contributed by atoms with Crippen molar-refractivity contribution in [2.75, 3.05) is 13.1 Å². The Morgan fingerprint density at radius 1 is 1.25 bits per heavy atom. The number of aliphatic carboxylic acids is 1. The number of ether oxygens (including phenoxy) is 1. The predicted molar refractivity (Wildman–Crippen MR) is 70.9 cm³/mol. The summed E-state index contributed by atoms with van der Waals surface area (Å²) in [5.74, 6) is -0.588. The normalized spacial score (nSPS) is 27.6. The van der Waals surface area contributed by atoms with E-state index in [1.165, 1.54) is 0 Å². The van der Waals surface area contributed by atoms with Crippen molar-refractivity contribution in [3.63, 3.8) is 0 Å². The number of hydrogen-bond donors (Lipinski definition) is 1. The van der Waals surface area contributed by atoms with Crippen LogP contribution in [0.4, 0.5) is 4.79 Å². The molecule has 1 aliphatic carbocycles. The van der Waals surface area contributed by atoms with Crippen LogP contribution in [-0.2, 0) is 16.1 Å². The van der Waals surface area contributed by atoms with Crippen molar-refractivity contribution in [2.45, 2.75) is 13.0 Å². The third kappa shape index (κ3) is 2.35. The average Bonchev–Trinajstić information content (AvgIpc) is 2.74. The van der Waals surface area contributed by atoms with Crippen LogP contribution in [0, 0.1) is 17.8 Å². The summed E-state index contributed by atoms with van der Waals surface area (Å²) in [5.41, 5.74) is 0.950. The number of amides is 1. The Labute approximate surface area is 117 Å². The molecule has 1 saturated carbocycles. The number of hydrogen-bond acceptors (Lipinski definition) is 3. The molecule has 0 unspecified atom stereocenters. The van der Waals surface area contributed by atoms with Crippen molar-refractivity contribution in [3.8, 4) is 0 Å². The van der Waals surface area contributed by atoms with E-state index in [1.807, 2.05) is 30.3 Å². The van der Waals surface area contributed by atoms with E-state index in [9.17, 15) is 9.59 Å². The van der Waals surface area contributed by atoms with Crippen LogP contribution < -0.4 is 0 Å². The van der Waals surface area contributed by atoms with E-state index >= 15 is 0 Å². The van der Waals surface area contributed by atoms with Crippen molar-refractivity contribution in [1.29, 1.82) is 0 Å². The Bertz CT molecular complexity index is 516. The molecule has 106 valence electrons. The highest BCUT2D eigenvalue weighted by atomic mass is 16.6. The molecule has 0 radical (unpaired) electrons. The van der Waals surface area contributed by atoms with E-state index in [1.54, 1.807) is 4.90 Å². The first-order valence-electron chi connectivity index (χ1n) is 6.83. The Hall–Kier alpha value is -2.04. The molecule has 1 N–H and O–H groups in total. The van der Waals surface area contributed by atoms with Crippen LogP contribution in [0.2, 0.25) is 0 Å². The van der Waals surface area contributed by atoms with Gasteiger partial charge < -0.3 is 14.7 Å². The number of nitrogens with zero attached hydrogens (tertiary/aromatic N) is 1. The van der Waals surface area contributed by atoms with Gasteiger partial charge in [-0.2, -0.15) is 0 Å². The van der Waals surface area contributed by atoms with E-state index in [2.05, 4.69) is 0 Å². The van der Waals surface area contributed by atoms with Crippen LogP contribution in [0.1, 0.15) is 12.0 Å². The van der Waals surface area contributed by atoms with E-state index in [0.29, 0.717) is 25.4 Å². The zero-order valence-corrected chi connectivity index (χ0v) is 11.1. The van der Waals surface area contributed by atoms with E-state index in [0.717, 1.165) is 5.56 Å². The first-order chi connectivity index (χ1) is 9.65. The van der Waals surface area contributed by atoms with Gasteiger partial charge in [-0.15, -0.1) is 0 Å².